The van der Waals surface area contributed by atoms with Gasteiger partial charge in [0.2, 0.25) is 17.0 Å². The Bertz CT molecular complexity index is 840. The molecule has 1 fully saturated rings. The van der Waals surface area contributed by atoms with Crippen molar-refractivity contribution in [2.24, 2.45) is 0 Å². The standard InChI is InChI=1S/C14H16N8S/c15-11-9-3-1-2-4-10(9)17-13(18-11)21-5-7-22(8-6-21)14-19-12(16)20-23-14/h1-4H,5-8H2,(H2,16,20)(H2,15,17,18). The van der Waals surface area contributed by atoms with Gasteiger partial charge in [-0.15, -0.1) is 0 Å². The Morgan fingerprint density at radius 2 is 1.65 bits per heavy atom. The molecule has 0 bridgehead atoms. The van der Waals surface area contributed by atoms with Gasteiger partial charge in [-0.2, -0.15) is 14.3 Å². The van der Waals surface area contributed by atoms with Gasteiger partial charge in [0.05, 0.1) is 5.52 Å². The topological polar surface area (TPSA) is 110 Å². The Labute approximate surface area is 136 Å². The van der Waals surface area contributed by atoms with Crippen LogP contribution in [-0.2, 0) is 0 Å². The first-order valence-electron chi connectivity index (χ1n) is 7.32. The van der Waals surface area contributed by atoms with Crippen LogP contribution in [-0.4, -0.2) is 45.5 Å². The molecule has 9 heteroatoms. The lowest BCUT2D eigenvalue weighted by Crippen LogP contribution is -2.47. The number of aromatic nitrogens is 4. The molecule has 1 aromatic carbocycles. The van der Waals surface area contributed by atoms with Crippen LogP contribution in [0.5, 0.6) is 0 Å². The molecular formula is C14H16N8S. The van der Waals surface area contributed by atoms with Crippen molar-refractivity contribution in [3.8, 4) is 0 Å². The molecule has 4 rings (SSSR count). The monoisotopic (exact) mass is 328 g/mol. The Morgan fingerprint density at radius 1 is 0.913 bits per heavy atom. The average Bonchev–Trinajstić information content (AvgIpc) is 3.01. The van der Waals surface area contributed by atoms with E-state index in [1.807, 2.05) is 24.3 Å². The molecule has 118 valence electrons. The Kier molecular flexibility index (Phi) is 3.34. The Hall–Kier alpha value is -2.68. The van der Waals surface area contributed by atoms with Crippen LogP contribution in [0.3, 0.4) is 0 Å². The van der Waals surface area contributed by atoms with E-state index in [2.05, 4.69) is 29.1 Å². The van der Waals surface area contributed by atoms with Gasteiger partial charge in [0.25, 0.3) is 0 Å². The lowest BCUT2D eigenvalue weighted by atomic mass is 10.2. The molecule has 0 aliphatic carbocycles. The SMILES string of the molecule is Nc1nsc(N2CCN(c3nc(N)c4ccccc4n3)CC2)n1. The molecule has 0 unspecified atom stereocenters. The first-order chi connectivity index (χ1) is 11.2. The molecule has 3 aromatic rings. The summed E-state index contributed by atoms with van der Waals surface area (Å²) in [7, 11) is 0. The molecule has 1 aliphatic rings. The molecule has 0 atom stereocenters. The van der Waals surface area contributed by atoms with Crippen LogP contribution in [0.4, 0.5) is 22.8 Å². The maximum atomic E-state index is 6.07. The summed E-state index contributed by atoms with van der Waals surface area (Å²) >= 11 is 1.33. The van der Waals surface area contributed by atoms with E-state index < -0.39 is 0 Å². The minimum Gasteiger partial charge on any atom is -0.383 e. The normalized spacial score (nSPS) is 15.3. The largest absolute Gasteiger partial charge is 0.383 e. The van der Waals surface area contributed by atoms with E-state index in [0.29, 0.717) is 17.7 Å². The van der Waals surface area contributed by atoms with E-state index in [1.165, 1.54) is 11.5 Å². The third-order valence-electron chi connectivity index (χ3n) is 3.88. The van der Waals surface area contributed by atoms with Crippen LogP contribution < -0.4 is 21.3 Å². The third-order valence-corrected chi connectivity index (χ3v) is 4.68. The zero-order valence-electron chi connectivity index (χ0n) is 12.4. The molecule has 0 saturated carbocycles. The van der Waals surface area contributed by atoms with Crippen molar-refractivity contribution in [1.29, 1.82) is 0 Å². The van der Waals surface area contributed by atoms with Gasteiger partial charge in [0.15, 0.2) is 0 Å². The molecule has 1 saturated heterocycles. The molecule has 1 aliphatic heterocycles. The van der Waals surface area contributed by atoms with Crippen LogP contribution in [0, 0.1) is 0 Å². The van der Waals surface area contributed by atoms with E-state index in [1.54, 1.807) is 0 Å². The van der Waals surface area contributed by atoms with Crippen LogP contribution in [0.2, 0.25) is 0 Å². The summed E-state index contributed by atoms with van der Waals surface area (Å²) in [5, 5.41) is 1.75. The van der Waals surface area contributed by atoms with Crippen LogP contribution in [0.25, 0.3) is 10.9 Å². The van der Waals surface area contributed by atoms with E-state index >= 15 is 0 Å². The van der Waals surface area contributed by atoms with Gasteiger partial charge in [-0.05, 0) is 12.1 Å². The number of para-hydroxylation sites is 1. The molecule has 2 aromatic heterocycles. The predicted octanol–water partition coefficient (Wildman–Crippen LogP) is 0.972. The van der Waals surface area contributed by atoms with Gasteiger partial charge in [0.1, 0.15) is 5.82 Å². The van der Waals surface area contributed by atoms with Gasteiger partial charge >= 0.3 is 0 Å². The minimum absolute atomic E-state index is 0.332. The van der Waals surface area contributed by atoms with Crippen molar-refractivity contribution in [1.82, 2.24) is 19.3 Å². The van der Waals surface area contributed by atoms with Crippen LogP contribution >= 0.6 is 11.5 Å². The number of anilines is 4. The summed E-state index contributed by atoms with van der Waals surface area (Å²) in [5.74, 6) is 1.53. The van der Waals surface area contributed by atoms with Crippen molar-refractivity contribution in [3.63, 3.8) is 0 Å². The number of fused-ring (bicyclic) bond motifs is 1. The fourth-order valence-electron chi connectivity index (χ4n) is 2.68. The Morgan fingerprint density at radius 3 is 2.39 bits per heavy atom. The first-order valence-corrected chi connectivity index (χ1v) is 8.09. The molecular weight excluding hydrogens is 312 g/mol. The van der Waals surface area contributed by atoms with Gasteiger partial charge in [0, 0.05) is 43.1 Å². The van der Waals surface area contributed by atoms with E-state index in [4.69, 9.17) is 11.5 Å². The second kappa shape index (κ2) is 5.51. The Balaban J connectivity index is 1.54. The number of hydrogen-bond donors (Lipinski definition) is 2. The first kappa shape index (κ1) is 13.9. The highest BCUT2D eigenvalue weighted by Gasteiger charge is 2.22. The quantitative estimate of drug-likeness (QED) is 0.716. The molecule has 23 heavy (non-hydrogen) atoms. The fourth-order valence-corrected chi connectivity index (χ4v) is 3.33. The zero-order valence-corrected chi connectivity index (χ0v) is 13.2. The lowest BCUT2D eigenvalue weighted by Gasteiger charge is -2.34. The number of nitrogen functional groups attached to an aromatic ring is 2. The molecule has 4 N–H and O–H groups in total. The fraction of sp³-hybridized carbons (Fsp3) is 0.286. The summed E-state index contributed by atoms with van der Waals surface area (Å²) in [4.78, 5) is 17.6. The summed E-state index contributed by atoms with van der Waals surface area (Å²) in [6.07, 6.45) is 0. The summed E-state index contributed by atoms with van der Waals surface area (Å²) in [6, 6.07) is 7.79. The molecule has 0 radical (unpaired) electrons. The summed E-state index contributed by atoms with van der Waals surface area (Å²) < 4.78 is 4.03. The zero-order chi connectivity index (χ0) is 15.8. The highest BCUT2D eigenvalue weighted by Crippen LogP contribution is 2.24. The van der Waals surface area contributed by atoms with Crippen LogP contribution in [0.1, 0.15) is 0 Å². The van der Waals surface area contributed by atoms with Crippen molar-refractivity contribution in [3.05, 3.63) is 24.3 Å². The third kappa shape index (κ3) is 2.59. The van der Waals surface area contributed by atoms with E-state index in [-0.39, 0.29) is 0 Å². The van der Waals surface area contributed by atoms with Gasteiger partial charge in [-0.1, -0.05) is 12.1 Å². The molecule has 8 nitrogen and oxygen atoms in total. The predicted molar refractivity (Wildman–Crippen MR) is 92.7 cm³/mol. The summed E-state index contributed by atoms with van der Waals surface area (Å²) in [5.41, 5.74) is 12.5. The highest BCUT2D eigenvalue weighted by atomic mass is 32.1. The number of piperazine rings is 1. The smallest absolute Gasteiger partial charge is 0.233 e. The second-order valence-electron chi connectivity index (χ2n) is 5.34. The summed E-state index contributed by atoms with van der Waals surface area (Å²) in [6.45, 7) is 3.25. The molecule has 3 heterocycles. The average molecular weight is 328 g/mol. The number of benzene rings is 1. The lowest BCUT2D eigenvalue weighted by molar-refractivity contribution is 0.640. The minimum atomic E-state index is 0.332. The van der Waals surface area contributed by atoms with Gasteiger partial charge in [-0.25, -0.2) is 4.98 Å². The molecule has 0 amide bonds. The van der Waals surface area contributed by atoms with E-state index in [0.717, 1.165) is 42.2 Å². The number of nitrogens with zero attached hydrogens (tertiary/aromatic N) is 6. The van der Waals surface area contributed by atoms with Crippen molar-refractivity contribution >= 4 is 45.3 Å². The van der Waals surface area contributed by atoms with Crippen molar-refractivity contribution in [2.45, 2.75) is 0 Å². The number of hydrogen-bond acceptors (Lipinski definition) is 9. The van der Waals surface area contributed by atoms with E-state index in [9.17, 15) is 0 Å². The van der Waals surface area contributed by atoms with Gasteiger partial charge in [-0.3, -0.25) is 0 Å². The number of rotatable bonds is 2. The van der Waals surface area contributed by atoms with Crippen LogP contribution in [0.15, 0.2) is 24.3 Å². The highest BCUT2D eigenvalue weighted by molar-refractivity contribution is 7.09. The maximum absolute atomic E-state index is 6.07. The van der Waals surface area contributed by atoms with Crippen molar-refractivity contribution in [2.75, 3.05) is 47.4 Å². The van der Waals surface area contributed by atoms with Crippen molar-refractivity contribution < 1.29 is 0 Å². The number of nitrogens with two attached hydrogens (primary N) is 2. The maximum Gasteiger partial charge on any atom is 0.233 e. The molecule has 0 spiro atoms. The van der Waals surface area contributed by atoms with Gasteiger partial charge < -0.3 is 21.3 Å². The second-order valence-corrected chi connectivity index (χ2v) is 6.07.